The van der Waals surface area contributed by atoms with Crippen molar-refractivity contribution in [2.45, 2.75) is 39.5 Å². The summed E-state index contributed by atoms with van der Waals surface area (Å²) < 4.78 is 24.9. The van der Waals surface area contributed by atoms with Crippen LogP contribution in [0.25, 0.3) is 0 Å². The minimum Gasteiger partial charge on any atom is -0.462 e. The van der Waals surface area contributed by atoms with Crippen molar-refractivity contribution in [2.75, 3.05) is 62.9 Å². The van der Waals surface area contributed by atoms with Gasteiger partial charge in [-0.3, -0.25) is 10.3 Å². The summed E-state index contributed by atoms with van der Waals surface area (Å²) in [5.74, 6) is 1.21. The van der Waals surface area contributed by atoms with E-state index in [0.29, 0.717) is 18.4 Å². The topological polar surface area (TPSA) is 75.1 Å². The van der Waals surface area contributed by atoms with Crippen LogP contribution in [0.15, 0.2) is 29.4 Å². The van der Waals surface area contributed by atoms with Crippen molar-refractivity contribution in [2.24, 2.45) is 5.10 Å². The van der Waals surface area contributed by atoms with E-state index < -0.39 is 0 Å². The molecule has 1 N–H and O–H groups in total. The van der Waals surface area contributed by atoms with E-state index in [-0.39, 0.29) is 5.82 Å². The Labute approximate surface area is 201 Å². The zero-order valence-electron chi connectivity index (χ0n) is 20.2. The highest BCUT2D eigenvalue weighted by Crippen LogP contribution is 2.25. The molecule has 184 valence electrons. The predicted molar refractivity (Wildman–Crippen MR) is 132 cm³/mol. The van der Waals surface area contributed by atoms with Gasteiger partial charge in [0.25, 0.3) is 0 Å². The van der Waals surface area contributed by atoms with Gasteiger partial charge in [0.2, 0.25) is 0 Å². The van der Waals surface area contributed by atoms with Crippen molar-refractivity contribution < 1.29 is 13.9 Å². The lowest BCUT2D eigenvalue weighted by Gasteiger charge is -2.26. The molecule has 1 saturated heterocycles. The van der Waals surface area contributed by atoms with Crippen molar-refractivity contribution in [1.29, 1.82) is 0 Å². The Morgan fingerprint density at radius 2 is 1.91 bits per heavy atom. The molecule has 0 amide bonds. The molecule has 9 heteroatoms. The molecular formula is C25H35FN6O2. The van der Waals surface area contributed by atoms with Crippen molar-refractivity contribution >= 4 is 17.3 Å². The molecule has 2 aliphatic rings. The molecule has 8 nitrogen and oxygen atoms in total. The number of aromatic nitrogens is 2. The van der Waals surface area contributed by atoms with Gasteiger partial charge in [0, 0.05) is 44.4 Å². The predicted octanol–water partition coefficient (Wildman–Crippen LogP) is 3.72. The van der Waals surface area contributed by atoms with Gasteiger partial charge in [-0.15, -0.1) is 0 Å². The average Bonchev–Trinajstić information content (AvgIpc) is 3.25. The Balaban J connectivity index is 1.50. The van der Waals surface area contributed by atoms with Crippen molar-refractivity contribution in [3.63, 3.8) is 0 Å². The van der Waals surface area contributed by atoms with Gasteiger partial charge in [0.15, 0.2) is 5.82 Å². The first-order valence-electron chi connectivity index (χ1n) is 12.3. The summed E-state index contributed by atoms with van der Waals surface area (Å²) in [5.41, 5.74) is 6.00. The van der Waals surface area contributed by atoms with Crippen LogP contribution in [0.5, 0.6) is 6.01 Å². The lowest BCUT2D eigenvalue weighted by Crippen LogP contribution is -2.38. The van der Waals surface area contributed by atoms with Crippen molar-refractivity contribution in [1.82, 2.24) is 14.9 Å². The molecule has 1 aromatic carbocycles. The maximum absolute atomic E-state index is 13.6. The van der Waals surface area contributed by atoms with E-state index in [1.807, 2.05) is 6.07 Å². The first kappa shape index (κ1) is 24.3. The van der Waals surface area contributed by atoms with Gasteiger partial charge in [-0.1, -0.05) is 13.8 Å². The summed E-state index contributed by atoms with van der Waals surface area (Å²) in [6, 6.07) is 7.14. The standard InChI is InChI=1S/C25H35FN6O2/c1-3-9-32(10-4-2)24-18-23(27-25(28-24)34-16-13-31-11-14-33-15-12-31)30-29-22-8-5-19-17-20(26)6-7-21(19)22/h6-7,17-18H,3-5,8-16H2,1-2H3,(H,27,28,30)/b29-22+. The fourth-order valence-electron chi connectivity index (χ4n) is 4.35. The SMILES string of the molecule is CCCN(CCC)c1cc(N/N=C2\CCc3cc(F)ccc32)nc(OCCN2CCOCC2)n1. The first-order valence-corrected chi connectivity index (χ1v) is 12.3. The van der Waals surface area contributed by atoms with Crippen LogP contribution >= 0.6 is 0 Å². The normalized spacial score (nSPS) is 17.1. The fourth-order valence-corrected chi connectivity index (χ4v) is 4.35. The molecule has 0 radical (unpaired) electrons. The van der Waals surface area contributed by atoms with E-state index >= 15 is 0 Å². The van der Waals surface area contributed by atoms with Crippen LogP contribution in [-0.4, -0.2) is 73.1 Å². The molecule has 1 aliphatic heterocycles. The van der Waals surface area contributed by atoms with Gasteiger partial charge in [-0.25, -0.2) is 4.39 Å². The number of hydrogen-bond donors (Lipinski definition) is 1. The Bertz CT molecular complexity index is 974. The van der Waals surface area contributed by atoms with E-state index in [1.165, 1.54) is 6.07 Å². The number of hydrogen-bond acceptors (Lipinski definition) is 8. The Hall–Kier alpha value is -2.78. The third-order valence-electron chi connectivity index (χ3n) is 6.06. The summed E-state index contributed by atoms with van der Waals surface area (Å²) in [6.45, 7) is 10.8. The number of nitrogens with zero attached hydrogens (tertiary/aromatic N) is 5. The second-order valence-corrected chi connectivity index (χ2v) is 8.66. The Kier molecular flexibility index (Phi) is 8.65. The summed E-state index contributed by atoms with van der Waals surface area (Å²) in [5, 5.41) is 4.61. The number of aryl methyl sites for hydroxylation is 1. The van der Waals surface area contributed by atoms with Crippen molar-refractivity contribution in [3.8, 4) is 6.01 Å². The van der Waals surface area contributed by atoms with Crippen LogP contribution in [0.2, 0.25) is 0 Å². The van der Waals surface area contributed by atoms with Crippen LogP contribution in [0.4, 0.5) is 16.0 Å². The van der Waals surface area contributed by atoms with E-state index in [2.05, 4.69) is 39.2 Å². The third kappa shape index (κ3) is 6.42. The largest absolute Gasteiger partial charge is 0.462 e. The number of morpholine rings is 1. The molecule has 1 fully saturated rings. The zero-order chi connectivity index (χ0) is 23.8. The average molecular weight is 471 g/mol. The number of halogens is 1. The molecular weight excluding hydrogens is 435 g/mol. The Morgan fingerprint density at radius 1 is 1.12 bits per heavy atom. The van der Waals surface area contributed by atoms with Gasteiger partial charge in [0.05, 0.1) is 18.9 Å². The maximum Gasteiger partial charge on any atom is 0.320 e. The molecule has 0 atom stereocenters. The van der Waals surface area contributed by atoms with Gasteiger partial charge >= 0.3 is 6.01 Å². The Morgan fingerprint density at radius 3 is 2.68 bits per heavy atom. The van der Waals surface area contributed by atoms with Gasteiger partial charge in [-0.05, 0) is 49.4 Å². The van der Waals surface area contributed by atoms with Crippen LogP contribution in [0, 0.1) is 5.82 Å². The summed E-state index contributed by atoms with van der Waals surface area (Å²) in [6.07, 6.45) is 3.61. The summed E-state index contributed by atoms with van der Waals surface area (Å²) in [4.78, 5) is 13.8. The van der Waals surface area contributed by atoms with Crippen LogP contribution in [0.1, 0.15) is 44.2 Å². The molecule has 2 aromatic rings. The molecule has 0 unspecified atom stereocenters. The monoisotopic (exact) mass is 470 g/mol. The minimum atomic E-state index is -0.209. The molecule has 2 heterocycles. The van der Waals surface area contributed by atoms with Crippen molar-refractivity contribution in [3.05, 3.63) is 41.2 Å². The number of ether oxygens (including phenoxy) is 2. The molecule has 34 heavy (non-hydrogen) atoms. The second kappa shape index (κ2) is 12.1. The lowest BCUT2D eigenvalue weighted by molar-refractivity contribution is 0.0317. The number of rotatable bonds is 11. The molecule has 1 aromatic heterocycles. The van der Waals surface area contributed by atoms with E-state index in [0.717, 1.165) is 94.3 Å². The molecule has 4 rings (SSSR count). The third-order valence-corrected chi connectivity index (χ3v) is 6.06. The number of nitrogens with one attached hydrogen (secondary N) is 1. The van der Waals surface area contributed by atoms with E-state index in [4.69, 9.17) is 14.5 Å². The fraction of sp³-hybridized carbons (Fsp3) is 0.560. The highest BCUT2D eigenvalue weighted by Gasteiger charge is 2.19. The highest BCUT2D eigenvalue weighted by atomic mass is 19.1. The summed E-state index contributed by atoms with van der Waals surface area (Å²) in [7, 11) is 0. The van der Waals surface area contributed by atoms with Gasteiger partial charge in [0.1, 0.15) is 18.2 Å². The lowest BCUT2D eigenvalue weighted by atomic mass is 10.1. The van der Waals surface area contributed by atoms with E-state index in [9.17, 15) is 4.39 Å². The highest BCUT2D eigenvalue weighted by molar-refractivity contribution is 6.04. The van der Waals surface area contributed by atoms with Gasteiger partial charge < -0.3 is 14.4 Å². The number of anilines is 2. The van der Waals surface area contributed by atoms with E-state index in [1.54, 1.807) is 12.1 Å². The van der Waals surface area contributed by atoms with Crippen LogP contribution in [0.3, 0.4) is 0 Å². The number of benzene rings is 1. The molecule has 1 aliphatic carbocycles. The molecule has 0 spiro atoms. The van der Waals surface area contributed by atoms with Crippen LogP contribution in [-0.2, 0) is 11.2 Å². The molecule has 0 saturated carbocycles. The first-order chi connectivity index (χ1) is 16.7. The zero-order valence-corrected chi connectivity index (χ0v) is 20.2. The number of hydrazone groups is 1. The smallest absolute Gasteiger partial charge is 0.320 e. The number of fused-ring (bicyclic) bond motifs is 1. The quantitative estimate of drug-likeness (QED) is 0.502. The minimum absolute atomic E-state index is 0.209. The summed E-state index contributed by atoms with van der Waals surface area (Å²) >= 11 is 0. The second-order valence-electron chi connectivity index (χ2n) is 8.66. The van der Waals surface area contributed by atoms with Crippen LogP contribution < -0.4 is 15.1 Å². The maximum atomic E-state index is 13.6. The molecule has 0 bridgehead atoms. The van der Waals surface area contributed by atoms with Gasteiger partial charge in [-0.2, -0.15) is 15.1 Å².